The molecule has 1 amide bonds. The third-order valence-corrected chi connectivity index (χ3v) is 3.75. The third kappa shape index (κ3) is 4.47. The van der Waals surface area contributed by atoms with Crippen molar-refractivity contribution >= 4 is 11.6 Å². The summed E-state index contributed by atoms with van der Waals surface area (Å²) >= 11 is 0. The number of nitrogens with zero attached hydrogens (tertiary/aromatic N) is 1. The van der Waals surface area contributed by atoms with Crippen molar-refractivity contribution in [2.75, 3.05) is 25.0 Å². The number of nitrogens with one attached hydrogen (secondary N) is 1. The Morgan fingerprint density at radius 3 is 2.67 bits per heavy atom. The standard InChI is InChI=1S/C15H20F2N2O2/c1-15(21)6-3-8-19(9-7-15)10-13(20)18-14-11(16)4-2-5-12(14)17/h2,4-5,21H,3,6-10H2,1H3,(H,18,20). The van der Waals surface area contributed by atoms with Gasteiger partial charge >= 0.3 is 0 Å². The van der Waals surface area contributed by atoms with Gasteiger partial charge in [0.05, 0.1) is 12.1 Å². The molecule has 116 valence electrons. The first-order valence-electron chi connectivity index (χ1n) is 7.06. The summed E-state index contributed by atoms with van der Waals surface area (Å²) in [7, 11) is 0. The van der Waals surface area contributed by atoms with Gasteiger partial charge in [-0.3, -0.25) is 9.69 Å². The molecule has 1 aliphatic rings. The number of likely N-dealkylation sites (tertiary alicyclic amines) is 1. The van der Waals surface area contributed by atoms with Crippen molar-refractivity contribution < 1.29 is 18.7 Å². The number of rotatable bonds is 3. The second kappa shape index (κ2) is 6.49. The van der Waals surface area contributed by atoms with E-state index in [0.717, 1.165) is 18.6 Å². The first-order chi connectivity index (χ1) is 9.87. The largest absolute Gasteiger partial charge is 0.390 e. The summed E-state index contributed by atoms with van der Waals surface area (Å²) in [6.45, 7) is 3.11. The van der Waals surface area contributed by atoms with E-state index in [4.69, 9.17) is 0 Å². The fourth-order valence-corrected chi connectivity index (χ4v) is 2.48. The molecule has 0 spiro atoms. The molecular formula is C15H20F2N2O2. The molecule has 2 N–H and O–H groups in total. The van der Waals surface area contributed by atoms with Gasteiger partial charge < -0.3 is 10.4 Å². The lowest BCUT2D eigenvalue weighted by Crippen LogP contribution is -2.35. The number of hydrogen-bond acceptors (Lipinski definition) is 3. The second-order valence-corrected chi connectivity index (χ2v) is 5.77. The van der Waals surface area contributed by atoms with Crippen LogP contribution in [0.2, 0.25) is 0 Å². The molecule has 0 radical (unpaired) electrons. The fraction of sp³-hybridized carbons (Fsp3) is 0.533. The van der Waals surface area contributed by atoms with E-state index in [1.807, 2.05) is 4.90 Å². The van der Waals surface area contributed by atoms with E-state index < -0.39 is 28.8 Å². The van der Waals surface area contributed by atoms with E-state index in [2.05, 4.69) is 5.32 Å². The van der Waals surface area contributed by atoms with Crippen LogP contribution in [0.4, 0.5) is 14.5 Å². The van der Waals surface area contributed by atoms with Crippen LogP contribution in [0.25, 0.3) is 0 Å². The van der Waals surface area contributed by atoms with Crippen LogP contribution < -0.4 is 5.32 Å². The van der Waals surface area contributed by atoms with E-state index in [-0.39, 0.29) is 6.54 Å². The molecule has 1 aliphatic heterocycles. The maximum absolute atomic E-state index is 13.5. The van der Waals surface area contributed by atoms with Crippen LogP contribution in [-0.2, 0) is 4.79 Å². The quantitative estimate of drug-likeness (QED) is 0.899. The summed E-state index contributed by atoms with van der Waals surface area (Å²) in [5, 5.41) is 12.3. The first kappa shape index (κ1) is 15.9. The summed E-state index contributed by atoms with van der Waals surface area (Å²) in [4.78, 5) is 13.8. The Kier molecular flexibility index (Phi) is 4.90. The van der Waals surface area contributed by atoms with Gasteiger partial charge in [0.2, 0.25) is 5.91 Å². The lowest BCUT2D eigenvalue weighted by atomic mass is 9.98. The van der Waals surface area contributed by atoms with Gasteiger partial charge in [0.1, 0.15) is 17.3 Å². The molecule has 1 heterocycles. The highest BCUT2D eigenvalue weighted by molar-refractivity contribution is 5.92. The van der Waals surface area contributed by atoms with Crippen LogP contribution >= 0.6 is 0 Å². The van der Waals surface area contributed by atoms with Gasteiger partial charge in [0, 0.05) is 6.54 Å². The van der Waals surface area contributed by atoms with Gasteiger partial charge in [0.25, 0.3) is 0 Å². The Labute approximate surface area is 122 Å². The van der Waals surface area contributed by atoms with E-state index in [1.165, 1.54) is 6.07 Å². The average Bonchev–Trinajstić information content (AvgIpc) is 2.56. The Hall–Kier alpha value is -1.53. The highest BCUT2D eigenvalue weighted by Gasteiger charge is 2.26. The predicted octanol–water partition coefficient (Wildman–Crippen LogP) is 2.14. The van der Waals surface area contributed by atoms with Gasteiger partial charge in [0.15, 0.2) is 0 Å². The van der Waals surface area contributed by atoms with E-state index in [0.29, 0.717) is 25.9 Å². The molecule has 1 aromatic rings. The van der Waals surface area contributed by atoms with Crippen LogP contribution in [-0.4, -0.2) is 41.1 Å². The van der Waals surface area contributed by atoms with Crippen molar-refractivity contribution in [2.24, 2.45) is 0 Å². The molecule has 0 saturated carbocycles. The van der Waals surface area contributed by atoms with Crippen molar-refractivity contribution in [1.29, 1.82) is 0 Å². The number of hydrogen-bond donors (Lipinski definition) is 2. The summed E-state index contributed by atoms with van der Waals surface area (Å²) in [5.74, 6) is -2.04. The second-order valence-electron chi connectivity index (χ2n) is 5.77. The third-order valence-electron chi connectivity index (χ3n) is 3.75. The van der Waals surface area contributed by atoms with Crippen LogP contribution in [0.5, 0.6) is 0 Å². The number of para-hydroxylation sites is 1. The van der Waals surface area contributed by atoms with Crippen LogP contribution in [0.1, 0.15) is 26.2 Å². The summed E-state index contributed by atoms with van der Waals surface area (Å²) in [6, 6.07) is 3.45. The molecule has 1 aromatic carbocycles. The number of carbonyl (C=O) groups excluding carboxylic acids is 1. The van der Waals surface area contributed by atoms with Crippen LogP contribution in [0.3, 0.4) is 0 Å². The predicted molar refractivity (Wildman–Crippen MR) is 75.9 cm³/mol. The lowest BCUT2D eigenvalue weighted by Gasteiger charge is -2.22. The molecule has 4 nitrogen and oxygen atoms in total. The van der Waals surface area contributed by atoms with E-state index in [1.54, 1.807) is 6.92 Å². The molecule has 1 unspecified atom stereocenters. The molecule has 1 fully saturated rings. The fourth-order valence-electron chi connectivity index (χ4n) is 2.48. The normalized spacial score (nSPS) is 23.6. The number of benzene rings is 1. The molecular weight excluding hydrogens is 278 g/mol. The topological polar surface area (TPSA) is 52.6 Å². The summed E-state index contributed by atoms with van der Waals surface area (Å²) < 4.78 is 26.9. The Morgan fingerprint density at radius 2 is 2.00 bits per heavy atom. The maximum atomic E-state index is 13.5. The van der Waals surface area contributed by atoms with Gasteiger partial charge in [-0.05, 0) is 44.9 Å². The molecule has 2 rings (SSSR count). The van der Waals surface area contributed by atoms with Gasteiger partial charge in [-0.25, -0.2) is 8.78 Å². The Morgan fingerprint density at radius 1 is 1.33 bits per heavy atom. The van der Waals surface area contributed by atoms with Gasteiger partial charge in [-0.15, -0.1) is 0 Å². The zero-order valence-electron chi connectivity index (χ0n) is 12.0. The van der Waals surface area contributed by atoms with Crippen molar-refractivity contribution in [2.45, 2.75) is 31.8 Å². The average molecular weight is 298 g/mol. The minimum atomic E-state index is -0.790. The van der Waals surface area contributed by atoms with E-state index >= 15 is 0 Å². The highest BCUT2D eigenvalue weighted by Crippen LogP contribution is 2.22. The number of aliphatic hydroxyl groups is 1. The minimum Gasteiger partial charge on any atom is -0.390 e. The van der Waals surface area contributed by atoms with Crippen molar-refractivity contribution in [3.63, 3.8) is 0 Å². The zero-order valence-corrected chi connectivity index (χ0v) is 12.0. The highest BCUT2D eigenvalue weighted by atomic mass is 19.1. The van der Waals surface area contributed by atoms with Crippen molar-refractivity contribution in [3.8, 4) is 0 Å². The van der Waals surface area contributed by atoms with Crippen LogP contribution in [0.15, 0.2) is 18.2 Å². The van der Waals surface area contributed by atoms with Gasteiger partial charge in [-0.2, -0.15) is 0 Å². The number of halogens is 2. The van der Waals surface area contributed by atoms with Crippen molar-refractivity contribution in [1.82, 2.24) is 4.90 Å². The summed E-state index contributed by atoms with van der Waals surface area (Å²) in [5.41, 5.74) is -1.12. The summed E-state index contributed by atoms with van der Waals surface area (Å²) in [6.07, 6.45) is 2.05. The Balaban J connectivity index is 1.93. The number of anilines is 1. The van der Waals surface area contributed by atoms with Gasteiger partial charge in [-0.1, -0.05) is 6.07 Å². The maximum Gasteiger partial charge on any atom is 0.238 e. The smallest absolute Gasteiger partial charge is 0.238 e. The molecule has 1 saturated heterocycles. The van der Waals surface area contributed by atoms with Crippen molar-refractivity contribution in [3.05, 3.63) is 29.8 Å². The molecule has 1 atom stereocenters. The molecule has 6 heteroatoms. The number of carbonyl (C=O) groups is 1. The first-order valence-corrected chi connectivity index (χ1v) is 7.06. The molecule has 0 aromatic heterocycles. The minimum absolute atomic E-state index is 0.0594. The Bertz CT molecular complexity index is 500. The molecule has 0 aliphatic carbocycles. The number of amides is 1. The molecule has 0 bridgehead atoms. The lowest BCUT2D eigenvalue weighted by molar-refractivity contribution is -0.117. The zero-order chi connectivity index (χ0) is 15.5. The molecule has 21 heavy (non-hydrogen) atoms. The van der Waals surface area contributed by atoms with Crippen LogP contribution in [0, 0.1) is 11.6 Å². The van der Waals surface area contributed by atoms with E-state index in [9.17, 15) is 18.7 Å². The SMILES string of the molecule is CC1(O)CCCN(CC(=O)Nc2c(F)cccc2F)CC1. The monoisotopic (exact) mass is 298 g/mol.